The molecule has 1 saturated carbocycles. The molecule has 4 aromatic rings. The van der Waals surface area contributed by atoms with Gasteiger partial charge in [-0.1, -0.05) is 61.9 Å². The molecule has 2 fully saturated rings. The third-order valence-electron chi connectivity index (χ3n) is 16.4. The van der Waals surface area contributed by atoms with Gasteiger partial charge in [0.2, 0.25) is 0 Å². The van der Waals surface area contributed by atoms with Crippen LogP contribution in [-0.4, -0.2) is 97.5 Å². The molecule has 3 N–H and O–H groups in total. The number of halogens is 1. The predicted octanol–water partition coefficient (Wildman–Crippen LogP) is 7.29. The van der Waals surface area contributed by atoms with Gasteiger partial charge in [0.1, 0.15) is 28.7 Å². The number of ether oxygens (including phenoxy) is 3. The molecule has 6 aliphatic rings. The van der Waals surface area contributed by atoms with Crippen LogP contribution in [0, 0.1) is 23.1 Å². The Morgan fingerprint density at radius 1 is 1.02 bits per heavy atom. The number of hydrogen-bond acceptors (Lipinski definition) is 9. The van der Waals surface area contributed by atoms with E-state index in [0.29, 0.717) is 49.6 Å². The van der Waals surface area contributed by atoms with Crippen LogP contribution < -0.4 is 15.0 Å². The van der Waals surface area contributed by atoms with E-state index < -0.39 is 51.7 Å². The minimum absolute atomic E-state index is 0.0862. The second-order valence-corrected chi connectivity index (χ2v) is 19.4. The molecule has 1 spiro atoms. The Morgan fingerprint density at radius 3 is 2.56 bits per heavy atom. The number of benzene rings is 3. The maximum Gasteiger partial charge on any atom is 0.322 e. The van der Waals surface area contributed by atoms with Gasteiger partial charge in [0, 0.05) is 76.9 Å². The second-order valence-electron chi connectivity index (χ2n) is 19.4. The zero-order chi connectivity index (χ0) is 44.9. The molecule has 64 heavy (non-hydrogen) atoms. The van der Waals surface area contributed by atoms with E-state index in [2.05, 4.69) is 76.4 Å². The fourth-order valence-electron chi connectivity index (χ4n) is 14.2. The van der Waals surface area contributed by atoms with Crippen molar-refractivity contribution in [1.82, 2.24) is 15.2 Å². The molecule has 336 valence electrons. The summed E-state index contributed by atoms with van der Waals surface area (Å²) in [6.45, 7) is 6.70. The van der Waals surface area contributed by atoms with Crippen LogP contribution in [0.25, 0.3) is 10.9 Å². The number of anilines is 1. The number of nitrogens with zero attached hydrogens (tertiary/aromatic N) is 2. The van der Waals surface area contributed by atoms with Gasteiger partial charge in [-0.3, -0.25) is 19.3 Å². The maximum absolute atomic E-state index is 15.3. The number of carbonyl (C=O) groups is 3. The third kappa shape index (κ3) is 5.86. The normalized spacial score (nSPS) is 32.3. The number of para-hydroxylation sites is 1. The smallest absolute Gasteiger partial charge is 0.322 e. The zero-order valence-electron chi connectivity index (χ0n) is 37.6. The van der Waals surface area contributed by atoms with Crippen LogP contribution >= 0.6 is 0 Å². The highest BCUT2D eigenvalue weighted by atomic mass is 19.1. The van der Waals surface area contributed by atoms with Crippen molar-refractivity contribution in [2.75, 3.05) is 45.8 Å². The molecular formula is C52H59FN4O7. The number of nitrogens with one attached hydrogen (secondary N) is 2. The summed E-state index contributed by atoms with van der Waals surface area (Å²) in [4.78, 5) is 50.8. The Hall–Kier alpha value is -5.46. The van der Waals surface area contributed by atoms with E-state index in [-0.39, 0.29) is 30.0 Å². The van der Waals surface area contributed by atoms with Crippen LogP contribution in [0.1, 0.15) is 92.0 Å². The number of rotatable bonds is 9. The molecular weight excluding hydrogens is 812 g/mol. The lowest BCUT2D eigenvalue weighted by molar-refractivity contribution is -0.216. The van der Waals surface area contributed by atoms with Crippen molar-refractivity contribution >= 4 is 34.4 Å². The van der Waals surface area contributed by atoms with Gasteiger partial charge in [0.25, 0.3) is 5.91 Å². The Morgan fingerprint density at radius 2 is 1.83 bits per heavy atom. The maximum atomic E-state index is 15.3. The van der Waals surface area contributed by atoms with Crippen molar-refractivity contribution in [3.63, 3.8) is 0 Å². The molecule has 3 aromatic carbocycles. The first-order valence-corrected chi connectivity index (χ1v) is 23.0. The lowest BCUT2D eigenvalue weighted by atomic mass is 9.47. The van der Waals surface area contributed by atoms with Crippen LogP contribution in [0.2, 0.25) is 0 Å². The fraction of sp³-hybridized carbons (Fsp3) is 0.481. The number of amides is 1. The molecule has 0 radical (unpaired) electrons. The van der Waals surface area contributed by atoms with Gasteiger partial charge in [-0.15, -0.1) is 0 Å². The number of likely N-dealkylation sites (N-methyl/N-ethyl adjacent to an activating group) is 1. The van der Waals surface area contributed by atoms with E-state index >= 15 is 4.79 Å². The Bertz CT molecular complexity index is 2640. The highest BCUT2D eigenvalue weighted by Crippen LogP contribution is 2.68. The first kappa shape index (κ1) is 42.5. The quantitative estimate of drug-likeness (QED) is 0.117. The monoisotopic (exact) mass is 870 g/mol. The topological polar surface area (TPSA) is 133 Å². The minimum Gasteiger partial charge on any atom is -0.496 e. The summed E-state index contributed by atoms with van der Waals surface area (Å²) in [6.07, 6.45) is 10.9. The third-order valence-corrected chi connectivity index (χ3v) is 16.4. The van der Waals surface area contributed by atoms with Crippen LogP contribution in [0.3, 0.4) is 0 Å². The van der Waals surface area contributed by atoms with Gasteiger partial charge in [0.15, 0.2) is 0 Å². The number of hydrogen-bond donors (Lipinski definition) is 3. The molecule has 1 amide bonds. The zero-order valence-corrected chi connectivity index (χ0v) is 37.6. The van der Waals surface area contributed by atoms with Gasteiger partial charge in [0.05, 0.1) is 26.8 Å². The molecule has 3 aliphatic heterocycles. The SMILES string of the molecule is CCC1=C[C@@H]2CC(C1)Cc1c([nH]c3ccccc13)[C@@](C(=O)OC)(c1cc3c(cc1OC)N(C)[C@H]1[C@@](O)(CNC(=O)c4cccc(F)c4)[C@H](OC(C)=O)[C@]4(CC)C=CCN5CC[C@]31[C@@H]54)C2. The first-order valence-electron chi connectivity index (χ1n) is 23.0. The Kier molecular flexibility index (Phi) is 10.2. The van der Waals surface area contributed by atoms with E-state index in [1.807, 2.05) is 19.2 Å². The number of methoxy groups -OCH3 is 2. The van der Waals surface area contributed by atoms with Crippen molar-refractivity contribution in [1.29, 1.82) is 0 Å². The van der Waals surface area contributed by atoms with Gasteiger partial charge < -0.3 is 34.5 Å². The van der Waals surface area contributed by atoms with Gasteiger partial charge in [-0.25, -0.2) is 4.39 Å². The summed E-state index contributed by atoms with van der Waals surface area (Å²) in [7, 11) is 5.05. The number of aliphatic hydroxyl groups is 1. The number of aromatic amines is 1. The number of aromatic nitrogens is 1. The minimum atomic E-state index is -1.89. The van der Waals surface area contributed by atoms with Crippen LogP contribution in [-0.2, 0) is 36.3 Å². The fourth-order valence-corrected chi connectivity index (χ4v) is 14.2. The van der Waals surface area contributed by atoms with E-state index in [4.69, 9.17) is 14.2 Å². The van der Waals surface area contributed by atoms with Crippen LogP contribution in [0.15, 0.2) is 84.5 Å². The highest BCUT2D eigenvalue weighted by Gasteiger charge is 2.78. The molecule has 1 saturated heterocycles. The number of fused-ring (bicyclic) bond motifs is 6. The van der Waals surface area contributed by atoms with Gasteiger partial charge in [-0.05, 0) is 105 Å². The van der Waals surface area contributed by atoms with E-state index in [1.54, 1.807) is 7.11 Å². The average molecular weight is 871 g/mol. The number of esters is 2. The van der Waals surface area contributed by atoms with Crippen LogP contribution in [0.4, 0.5) is 10.1 Å². The van der Waals surface area contributed by atoms with Crippen molar-refractivity contribution in [2.45, 2.75) is 100 Å². The number of H-pyrrole nitrogens is 1. The molecule has 9 atom stereocenters. The van der Waals surface area contributed by atoms with Crippen molar-refractivity contribution in [3.8, 4) is 5.75 Å². The van der Waals surface area contributed by atoms with Crippen molar-refractivity contribution in [3.05, 3.63) is 118 Å². The summed E-state index contributed by atoms with van der Waals surface area (Å²) < 4.78 is 33.2. The molecule has 1 aromatic heterocycles. The standard InChI is InChI=1S/C52H59FN4O7/c1-7-31-21-32-23-33(22-31)28-51(48(60)63-6,43-37(24-32)36-15-9-10-16-40(36)55-43)39-26-38-41(27-42(39)62-5)56(4)46-50(38)18-20-57-19-12-17-49(8-2,45(50)57)47(64-30(3)58)52(46,61)29-54-44(59)34-13-11-14-35(53)25-34/h9-17,22,25-27,32-33,45-47,55,61H,7-8,18-21,23-24,28-29H2,1-6H3,(H,54,59)/t32?,33-,45+,46-,47-,49-,50-,51+,52+/m1/s1. The predicted molar refractivity (Wildman–Crippen MR) is 242 cm³/mol. The molecule has 2 bridgehead atoms. The van der Waals surface area contributed by atoms with Crippen LogP contribution in [0.5, 0.6) is 5.75 Å². The summed E-state index contributed by atoms with van der Waals surface area (Å²) >= 11 is 0. The van der Waals surface area contributed by atoms with Crippen molar-refractivity contribution < 1.29 is 38.1 Å². The molecule has 1 unspecified atom stereocenters. The number of allylic oxidation sites excluding steroid dienone is 2. The lowest BCUT2D eigenvalue weighted by Crippen LogP contribution is -2.81. The van der Waals surface area contributed by atoms with E-state index in [0.717, 1.165) is 65.2 Å². The van der Waals surface area contributed by atoms with Gasteiger partial charge >= 0.3 is 11.9 Å². The van der Waals surface area contributed by atoms with E-state index in [1.165, 1.54) is 37.8 Å². The Labute approximate surface area is 374 Å². The van der Waals surface area contributed by atoms with E-state index in [9.17, 15) is 19.1 Å². The van der Waals surface area contributed by atoms with Gasteiger partial charge in [-0.2, -0.15) is 0 Å². The highest BCUT2D eigenvalue weighted by molar-refractivity contribution is 5.95. The molecule has 12 heteroatoms. The molecule has 3 aliphatic carbocycles. The summed E-state index contributed by atoms with van der Waals surface area (Å²) in [5.41, 5.74) is 1.98. The van der Waals surface area contributed by atoms with Crippen molar-refractivity contribution in [2.24, 2.45) is 17.3 Å². The second kappa shape index (κ2) is 15.3. The summed E-state index contributed by atoms with van der Waals surface area (Å²) in [5, 5.41) is 17.9. The number of carbonyl (C=O) groups excluding carboxylic acids is 3. The Balaban J connectivity index is 1.23. The largest absolute Gasteiger partial charge is 0.496 e. The lowest BCUT2D eigenvalue weighted by Gasteiger charge is -2.64. The molecule has 11 nitrogen and oxygen atoms in total. The molecule has 10 rings (SSSR count). The molecule has 4 heterocycles. The average Bonchev–Trinajstić information content (AvgIpc) is 3.94. The first-order chi connectivity index (χ1) is 30.8. The summed E-state index contributed by atoms with van der Waals surface area (Å²) in [5.74, 6) is -1.01. The summed E-state index contributed by atoms with van der Waals surface area (Å²) in [6, 6.07) is 16.9.